The SMILES string of the molecule is CC(=O)N[C@@H](CCCN=C(N)N)C(=O)N[C@H]1CCCC(=O)NCC[C@@H](C(N)=O)NC(=O)[C@H](Cc2c[nH]c3ccccc23)CC(=O)[C@H](CCCN=C(N)N)CC(=O)[C@@H](Cc2ccccc2)NC(=O)[C@H](CCN)NC1=O. The van der Waals surface area contributed by atoms with Crippen molar-refractivity contribution in [2.75, 3.05) is 26.2 Å². The number of carbonyl (C=O) groups excluding carboxylic acids is 9. The van der Waals surface area contributed by atoms with Gasteiger partial charge in [-0.05, 0) is 87.9 Å². The van der Waals surface area contributed by atoms with Gasteiger partial charge in [0.2, 0.25) is 41.4 Å². The average Bonchev–Trinajstić information content (AvgIpc) is 3.76. The number of hydrogen-bond acceptors (Lipinski definition) is 12. The molecule has 0 bridgehead atoms. The number of primary amides is 1. The van der Waals surface area contributed by atoms with E-state index in [1.54, 1.807) is 36.5 Å². The summed E-state index contributed by atoms with van der Waals surface area (Å²) >= 11 is 0. The molecule has 2 heterocycles. The lowest BCUT2D eigenvalue weighted by atomic mass is 9.83. The van der Waals surface area contributed by atoms with E-state index in [0.29, 0.717) is 11.1 Å². The number of nitrogens with two attached hydrogens (primary N) is 6. The van der Waals surface area contributed by atoms with Gasteiger partial charge in [-0.2, -0.15) is 0 Å². The average molecular weight is 1030 g/mol. The second-order valence-electron chi connectivity index (χ2n) is 18.4. The molecule has 1 fully saturated rings. The van der Waals surface area contributed by atoms with Crippen LogP contribution in [0.15, 0.2) is 70.8 Å². The lowest BCUT2D eigenvalue weighted by Crippen LogP contribution is -2.58. The van der Waals surface area contributed by atoms with Gasteiger partial charge in [0.25, 0.3) is 0 Å². The first-order valence-electron chi connectivity index (χ1n) is 24.8. The van der Waals surface area contributed by atoms with E-state index < -0.39 is 95.0 Å². The number of aromatic amines is 1. The number of nitrogens with zero attached hydrogens (tertiary/aromatic N) is 2. The smallest absolute Gasteiger partial charge is 0.243 e. The fourth-order valence-electron chi connectivity index (χ4n) is 8.66. The van der Waals surface area contributed by atoms with Crippen molar-refractivity contribution in [2.24, 2.45) is 56.2 Å². The van der Waals surface area contributed by atoms with Gasteiger partial charge in [-0.15, -0.1) is 0 Å². The second-order valence-corrected chi connectivity index (χ2v) is 18.4. The van der Waals surface area contributed by atoms with E-state index in [0.717, 1.165) is 10.9 Å². The Morgan fingerprint density at radius 2 is 1.39 bits per heavy atom. The molecule has 3 aromatic rings. The van der Waals surface area contributed by atoms with E-state index >= 15 is 0 Å². The molecule has 24 nitrogen and oxygen atoms in total. The third kappa shape index (κ3) is 20.0. The van der Waals surface area contributed by atoms with Crippen LogP contribution in [0.4, 0.5) is 0 Å². The van der Waals surface area contributed by atoms with Crippen LogP contribution in [0, 0.1) is 11.8 Å². The number of carbonyl (C=O) groups is 9. The summed E-state index contributed by atoms with van der Waals surface area (Å²) in [7, 11) is 0. The molecule has 4 rings (SSSR count). The molecule has 7 amide bonds. The van der Waals surface area contributed by atoms with E-state index in [9.17, 15) is 43.2 Å². The number of rotatable bonds is 18. The number of H-pyrrole nitrogens is 1. The van der Waals surface area contributed by atoms with Gasteiger partial charge >= 0.3 is 0 Å². The third-order valence-corrected chi connectivity index (χ3v) is 12.5. The van der Waals surface area contributed by atoms with Gasteiger partial charge in [-0.3, -0.25) is 53.1 Å². The van der Waals surface area contributed by atoms with Crippen molar-refractivity contribution in [2.45, 2.75) is 121 Å². The molecule has 0 radical (unpaired) electrons. The topological polar surface area (TPSA) is 422 Å². The Labute approximate surface area is 429 Å². The highest BCUT2D eigenvalue weighted by Crippen LogP contribution is 2.26. The summed E-state index contributed by atoms with van der Waals surface area (Å²) in [5, 5.41) is 16.9. The Kier molecular flexibility index (Phi) is 24.0. The van der Waals surface area contributed by atoms with Crippen LogP contribution < -0.4 is 66.3 Å². The zero-order chi connectivity index (χ0) is 54.2. The van der Waals surface area contributed by atoms with Crippen LogP contribution in [0.1, 0.15) is 88.7 Å². The highest BCUT2D eigenvalue weighted by atomic mass is 16.2. The zero-order valence-corrected chi connectivity index (χ0v) is 41.9. The highest BCUT2D eigenvalue weighted by molar-refractivity contribution is 5.98. The van der Waals surface area contributed by atoms with Gasteiger partial charge < -0.3 is 71.3 Å². The van der Waals surface area contributed by atoms with Crippen molar-refractivity contribution in [3.8, 4) is 0 Å². The van der Waals surface area contributed by atoms with Crippen LogP contribution in [0.3, 0.4) is 0 Å². The van der Waals surface area contributed by atoms with E-state index in [4.69, 9.17) is 34.4 Å². The lowest BCUT2D eigenvalue weighted by Gasteiger charge is -2.27. The van der Waals surface area contributed by atoms with E-state index in [2.05, 4.69) is 46.9 Å². The number of nitrogens with one attached hydrogen (secondary N) is 7. The first-order valence-corrected chi connectivity index (χ1v) is 24.8. The van der Waals surface area contributed by atoms with Crippen LogP contribution in [0.25, 0.3) is 10.9 Å². The third-order valence-electron chi connectivity index (χ3n) is 12.5. The molecule has 24 heteroatoms. The summed E-state index contributed by atoms with van der Waals surface area (Å²) in [4.78, 5) is 135. The minimum absolute atomic E-state index is 0.0157. The number of fused-ring (bicyclic) bond motifs is 1. The molecule has 7 atom stereocenters. The Morgan fingerprint density at radius 1 is 0.730 bits per heavy atom. The van der Waals surface area contributed by atoms with Gasteiger partial charge in [0, 0.05) is 74.8 Å². The number of hydrogen-bond donors (Lipinski definition) is 13. The summed E-state index contributed by atoms with van der Waals surface area (Å²) in [5.41, 5.74) is 36.0. The molecular formula is C50H73N15O9. The second kappa shape index (κ2) is 30.2. The van der Waals surface area contributed by atoms with Crippen molar-refractivity contribution in [1.82, 2.24) is 36.9 Å². The molecule has 1 aliphatic rings. The predicted octanol–water partition coefficient (Wildman–Crippen LogP) is -1.82. The molecule has 19 N–H and O–H groups in total. The van der Waals surface area contributed by atoms with Crippen LogP contribution in [0.5, 0.6) is 0 Å². The summed E-state index contributed by atoms with van der Waals surface area (Å²) in [6.07, 6.45) is 1.23. The maximum Gasteiger partial charge on any atom is 0.243 e. The number of aromatic nitrogens is 1. The molecule has 1 aromatic heterocycles. The van der Waals surface area contributed by atoms with Gasteiger partial charge in [-0.1, -0.05) is 48.5 Å². The van der Waals surface area contributed by atoms with Gasteiger partial charge in [0.05, 0.1) is 6.04 Å². The van der Waals surface area contributed by atoms with Crippen molar-refractivity contribution >= 4 is 75.7 Å². The molecular weight excluding hydrogens is 955 g/mol. The van der Waals surface area contributed by atoms with Crippen molar-refractivity contribution in [3.63, 3.8) is 0 Å². The quantitative estimate of drug-likeness (QED) is 0.0379. The fraction of sp³-hybridized carbons (Fsp3) is 0.500. The summed E-state index contributed by atoms with van der Waals surface area (Å²) in [6.45, 7) is 1.27. The van der Waals surface area contributed by atoms with Crippen molar-refractivity contribution in [1.29, 1.82) is 0 Å². The normalized spacial score (nSPS) is 21.4. The Morgan fingerprint density at radius 3 is 2.07 bits per heavy atom. The van der Waals surface area contributed by atoms with Crippen molar-refractivity contribution < 1.29 is 43.2 Å². The summed E-state index contributed by atoms with van der Waals surface area (Å²) in [5.74, 6) is -8.34. The minimum atomic E-state index is -1.36. The summed E-state index contributed by atoms with van der Waals surface area (Å²) in [6, 6.07) is 9.87. The maximum atomic E-state index is 14.7. The first-order chi connectivity index (χ1) is 35.3. The number of aliphatic imine (C=N–C) groups is 2. The van der Waals surface area contributed by atoms with E-state index in [1.807, 2.05) is 24.3 Å². The molecule has 0 spiro atoms. The van der Waals surface area contributed by atoms with Crippen LogP contribution in [0.2, 0.25) is 0 Å². The predicted molar refractivity (Wildman–Crippen MR) is 278 cm³/mol. The van der Waals surface area contributed by atoms with Gasteiger partial charge in [0.1, 0.15) is 30.0 Å². The minimum Gasteiger partial charge on any atom is -0.370 e. The number of amides is 7. The fourth-order valence-corrected chi connectivity index (χ4v) is 8.66. The number of guanidine groups is 2. The molecule has 0 aliphatic carbocycles. The number of para-hydroxylation sites is 1. The Balaban J connectivity index is 1.75. The van der Waals surface area contributed by atoms with Crippen LogP contribution in [-0.4, -0.2) is 126 Å². The monoisotopic (exact) mass is 1030 g/mol. The molecule has 1 saturated heterocycles. The first kappa shape index (κ1) is 58.7. The van der Waals surface area contributed by atoms with Gasteiger partial charge in [0.15, 0.2) is 17.7 Å². The van der Waals surface area contributed by atoms with E-state index in [1.165, 1.54) is 6.92 Å². The highest BCUT2D eigenvalue weighted by Gasteiger charge is 2.35. The van der Waals surface area contributed by atoms with Crippen molar-refractivity contribution in [3.05, 3.63) is 71.9 Å². The molecule has 74 heavy (non-hydrogen) atoms. The number of benzene rings is 2. The standard InChI is InChI=1S/C50H73N15O9/c1-29(66)61-37(16-9-22-59-50(55)56)46(72)63-38-15-7-17-43(69)57-23-19-36(44(52)70)62-45(71)32(25-33-28-60-35-14-6-5-13-34(33)35)27-41(67)31(12-8-21-58-49(53)54)26-42(68)40(24-30-10-3-2-4-11-30)65-48(74)39(18-20-51)64-47(38)73/h2-6,10-11,13-14,28,31-32,36-40,60H,7-9,12,15-27,51H2,1H3,(H2,52,70)(H,57,69)(H,61,66)(H,62,71)(H,63,72)(H,64,73)(H,65,74)(H4,53,54,58)(H4,55,56,59)/t31-,32-,36+,37+,38+,39+,40-/m1/s1. The molecule has 0 saturated carbocycles. The summed E-state index contributed by atoms with van der Waals surface area (Å²) < 4.78 is 0. The van der Waals surface area contributed by atoms with Crippen LogP contribution in [-0.2, 0) is 56.0 Å². The van der Waals surface area contributed by atoms with Crippen LogP contribution >= 0.6 is 0 Å². The number of Topliss-reactive ketones (excluding diaryl/α,β-unsaturated/α-hetero) is 2. The molecule has 1 aliphatic heterocycles. The van der Waals surface area contributed by atoms with E-state index in [-0.39, 0.29) is 122 Å². The largest absolute Gasteiger partial charge is 0.370 e. The molecule has 0 unspecified atom stereocenters. The molecule has 402 valence electrons. The number of ketones is 2. The lowest BCUT2D eigenvalue weighted by molar-refractivity contribution is -0.135. The zero-order valence-electron chi connectivity index (χ0n) is 41.9. The Bertz CT molecular complexity index is 2470. The Hall–Kier alpha value is -7.89. The van der Waals surface area contributed by atoms with Gasteiger partial charge in [-0.25, -0.2) is 0 Å². The maximum absolute atomic E-state index is 14.7. The molecule has 2 aromatic carbocycles.